The maximum Gasteiger partial charge on any atom is 0.261 e. The smallest absolute Gasteiger partial charge is 0.261 e. The molecule has 0 spiro atoms. The SMILES string of the molecule is CC(C)CNC(=O)C(C)N(Cc1ccc(Br)cc1)C(=O)COc1ccc(Cl)cc1. The van der Waals surface area contributed by atoms with Gasteiger partial charge in [0.25, 0.3) is 5.91 Å². The molecule has 2 amide bonds. The molecule has 1 atom stereocenters. The minimum atomic E-state index is -0.626. The molecule has 2 rings (SSSR count). The van der Waals surface area contributed by atoms with Gasteiger partial charge in [-0.1, -0.05) is 53.5 Å². The van der Waals surface area contributed by atoms with E-state index >= 15 is 0 Å². The molecule has 2 aromatic rings. The Morgan fingerprint density at radius 3 is 2.28 bits per heavy atom. The van der Waals surface area contributed by atoms with E-state index in [9.17, 15) is 9.59 Å². The molecule has 0 aliphatic heterocycles. The van der Waals surface area contributed by atoms with Crippen LogP contribution in [0.2, 0.25) is 5.02 Å². The monoisotopic (exact) mass is 480 g/mol. The van der Waals surface area contributed by atoms with Crippen molar-refractivity contribution < 1.29 is 14.3 Å². The van der Waals surface area contributed by atoms with Gasteiger partial charge in [0.1, 0.15) is 11.8 Å². The average molecular weight is 482 g/mol. The average Bonchev–Trinajstić information content (AvgIpc) is 2.70. The van der Waals surface area contributed by atoms with E-state index in [1.807, 2.05) is 38.1 Å². The predicted octanol–water partition coefficient (Wildman–Crippen LogP) is 4.67. The molecule has 0 aliphatic rings. The summed E-state index contributed by atoms with van der Waals surface area (Å²) in [5.74, 6) is 0.420. The Morgan fingerprint density at radius 2 is 1.69 bits per heavy atom. The van der Waals surface area contributed by atoms with Crippen LogP contribution in [0.4, 0.5) is 0 Å². The highest BCUT2D eigenvalue weighted by molar-refractivity contribution is 9.10. The maximum absolute atomic E-state index is 12.9. The summed E-state index contributed by atoms with van der Waals surface area (Å²) in [5.41, 5.74) is 0.927. The Balaban J connectivity index is 2.10. The minimum Gasteiger partial charge on any atom is -0.484 e. The number of amides is 2. The summed E-state index contributed by atoms with van der Waals surface area (Å²) in [7, 11) is 0. The van der Waals surface area contributed by atoms with Crippen LogP contribution in [-0.4, -0.2) is 35.9 Å². The van der Waals surface area contributed by atoms with Crippen LogP contribution in [0.15, 0.2) is 53.0 Å². The van der Waals surface area contributed by atoms with Crippen molar-refractivity contribution in [1.29, 1.82) is 0 Å². The van der Waals surface area contributed by atoms with Gasteiger partial charge in [0.15, 0.2) is 6.61 Å². The number of hydrogen-bond acceptors (Lipinski definition) is 3. The first-order valence-electron chi connectivity index (χ1n) is 9.46. The van der Waals surface area contributed by atoms with Gasteiger partial charge in [-0.3, -0.25) is 9.59 Å². The number of benzene rings is 2. The summed E-state index contributed by atoms with van der Waals surface area (Å²) >= 11 is 9.28. The summed E-state index contributed by atoms with van der Waals surface area (Å²) in [6, 6.07) is 13.8. The molecule has 0 saturated heterocycles. The Morgan fingerprint density at radius 1 is 1.07 bits per heavy atom. The summed E-state index contributed by atoms with van der Waals surface area (Å²) in [5, 5.41) is 3.49. The van der Waals surface area contributed by atoms with E-state index in [0.29, 0.717) is 29.8 Å². The molecule has 7 heteroatoms. The fraction of sp³-hybridized carbons (Fsp3) is 0.364. The van der Waals surface area contributed by atoms with E-state index in [4.69, 9.17) is 16.3 Å². The normalized spacial score (nSPS) is 11.8. The van der Waals surface area contributed by atoms with Gasteiger partial charge in [0.05, 0.1) is 0 Å². The number of halogens is 2. The lowest BCUT2D eigenvalue weighted by atomic mass is 10.1. The molecule has 0 aromatic heterocycles. The molecule has 1 N–H and O–H groups in total. The number of carbonyl (C=O) groups is 2. The summed E-state index contributed by atoms with van der Waals surface area (Å²) in [6.07, 6.45) is 0. The molecule has 5 nitrogen and oxygen atoms in total. The van der Waals surface area contributed by atoms with Gasteiger partial charge >= 0.3 is 0 Å². The molecule has 29 heavy (non-hydrogen) atoms. The molecule has 156 valence electrons. The molecule has 2 aromatic carbocycles. The summed E-state index contributed by atoms with van der Waals surface area (Å²) in [4.78, 5) is 27.0. The lowest BCUT2D eigenvalue weighted by Gasteiger charge is -2.29. The van der Waals surface area contributed by atoms with Crippen molar-refractivity contribution in [2.45, 2.75) is 33.4 Å². The minimum absolute atomic E-state index is 0.167. The number of hydrogen-bond donors (Lipinski definition) is 1. The topological polar surface area (TPSA) is 58.6 Å². The zero-order valence-corrected chi connectivity index (χ0v) is 19.2. The molecular formula is C22H26BrClN2O3. The zero-order chi connectivity index (χ0) is 21.4. The first-order chi connectivity index (χ1) is 13.8. The summed E-state index contributed by atoms with van der Waals surface area (Å²) in [6.45, 7) is 6.48. The lowest BCUT2D eigenvalue weighted by Crippen LogP contribution is -2.49. The van der Waals surface area contributed by atoms with Crippen LogP contribution in [-0.2, 0) is 16.1 Å². The van der Waals surface area contributed by atoms with Gasteiger partial charge in [-0.05, 0) is 54.8 Å². The number of nitrogens with one attached hydrogen (secondary N) is 1. The molecule has 1 unspecified atom stereocenters. The van der Waals surface area contributed by atoms with Crippen LogP contribution in [0.25, 0.3) is 0 Å². The second-order valence-corrected chi connectivity index (χ2v) is 8.56. The fourth-order valence-corrected chi connectivity index (χ4v) is 2.97. The number of rotatable bonds is 9. The van der Waals surface area contributed by atoms with E-state index in [1.54, 1.807) is 31.2 Å². The van der Waals surface area contributed by atoms with Crippen LogP contribution >= 0.6 is 27.5 Å². The predicted molar refractivity (Wildman–Crippen MR) is 119 cm³/mol. The number of nitrogens with zero attached hydrogens (tertiary/aromatic N) is 1. The third-order valence-corrected chi connectivity index (χ3v) is 5.07. The molecular weight excluding hydrogens is 456 g/mol. The molecule has 0 radical (unpaired) electrons. The van der Waals surface area contributed by atoms with Crippen LogP contribution in [0.5, 0.6) is 5.75 Å². The molecule has 0 heterocycles. The van der Waals surface area contributed by atoms with Crippen LogP contribution < -0.4 is 10.1 Å². The Hall–Kier alpha value is -2.05. The van der Waals surface area contributed by atoms with Gasteiger partial charge in [-0.15, -0.1) is 0 Å². The van der Waals surface area contributed by atoms with Crippen LogP contribution in [0.3, 0.4) is 0 Å². The molecule has 0 saturated carbocycles. The standard InChI is InChI=1S/C22H26BrClN2O3/c1-15(2)12-25-22(28)16(3)26(13-17-4-6-18(23)7-5-17)21(27)14-29-20-10-8-19(24)9-11-20/h4-11,15-16H,12-14H2,1-3H3,(H,25,28). The fourth-order valence-electron chi connectivity index (χ4n) is 2.58. The van der Waals surface area contributed by atoms with Gasteiger partial charge in [0, 0.05) is 22.6 Å². The van der Waals surface area contributed by atoms with Crippen molar-refractivity contribution in [3.05, 3.63) is 63.6 Å². The Bertz CT molecular complexity index is 810. The highest BCUT2D eigenvalue weighted by atomic mass is 79.9. The van der Waals surface area contributed by atoms with E-state index in [0.717, 1.165) is 10.0 Å². The second kappa shape index (κ2) is 11.2. The third-order valence-electron chi connectivity index (χ3n) is 4.29. The maximum atomic E-state index is 12.9. The van der Waals surface area contributed by atoms with Gasteiger partial charge in [0.2, 0.25) is 5.91 Å². The van der Waals surface area contributed by atoms with Gasteiger partial charge < -0.3 is 15.0 Å². The van der Waals surface area contributed by atoms with Crippen molar-refractivity contribution in [1.82, 2.24) is 10.2 Å². The highest BCUT2D eigenvalue weighted by Crippen LogP contribution is 2.17. The van der Waals surface area contributed by atoms with E-state index in [-0.39, 0.29) is 18.4 Å². The number of carbonyl (C=O) groups excluding carboxylic acids is 2. The van der Waals surface area contributed by atoms with E-state index < -0.39 is 6.04 Å². The quantitative estimate of drug-likeness (QED) is 0.566. The lowest BCUT2D eigenvalue weighted by molar-refractivity contribution is -0.142. The number of ether oxygens (including phenoxy) is 1. The van der Waals surface area contributed by atoms with Crippen LogP contribution in [0.1, 0.15) is 26.3 Å². The third kappa shape index (κ3) is 7.71. The first kappa shape index (κ1) is 23.2. The van der Waals surface area contributed by atoms with Crippen molar-refractivity contribution >= 4 is 39.3 Å². The zero-order valence-electron chi connectivity index (χ0n) is 16.8. The molecule has 0 fully saturated rings. The van der Waals surface area contributed by atoms with Gasteiger partial charge in [-0.25, -0.2) is 0 Å². The molecule has 0 aliphatic carbocycles. The summed E-state index contributed by atoms with van der Waals surface area (Å²) < 4.78 is 6.55. The first-order valence-corrected chi connectivity index (χ1v) is 10.6. The van der Waals surface area contributed by atoms with Crippen molar-refractivity contribution in [3.8, 4) is 5.75 Å². The highest BCUT2D eigenvalue weighted by Gasteiger charge is 2.26. The van der Waals surface area contributed by atoms with E-state index in [2.05, 4.69) is 21.2 Å². The van der Waals surface area contributed by atoms with Crippen molar-refractivity contribution in [2.75, 3.05) is 13.2 Å². The Kier molecular flexibility index (Phi) is 8.99. The van der Waals surface area contributed by atoms with E-state index in [1.165, 1.54) is 4.90 Å². The van der Waals surface area contributed by atoms with Crippen LogP contribution in [0, 0.1) is 5.92 Å². The molecule has 0 bridgehead atoms. The largest absolute Gasteiger partial charge is 0.484 e. The van der Waals surface area contributed by atoms with Crippen molar-refractivity contribution in [2.24, 2.45) is 5.92 Å². The van der Waals surface area contributed by atoms with Crippen molar-refractivity contribution in [3.63, 3.8) is 0 Å². The van der Waals surface area contributed by atoms with Gasteiger partial charge in [-0.2, -0.15) is 0 Å². The second-order valence-electron chi connectivity index (χ2n) is 7.21. The Labute approximate surface area is 185 Å².